The molecule has 0 spiro atoms. The van der Waals surface area contributed by atoms with E-state index in [-0.39, 0.29) is 0 Å². The quantitative estimate of drug-likeness (QED) is 0.783. The Kier molecular flexibility index (Phi) is 5.78. The third-order valence-corrected chi connectivity index (χ3v) is 5.07. The highest BCUT2D eigenvalue weighted by Gasteiger charge is 2.22. The zero-order valence-corrected chi connectivity index (χ0v) is 12.9. The van der Waals surface area contributed by atoms with Crippen LogP contribution in [0.5, 0.6) is 5.75 Å². The minimum atomic E-state index is -1.43. The Morgan fingerprint density at radius 2 is 2.25 bits per heavy atom. The third kappa shape index (κ3) is 3.91. The van der Waals surface area contributed by atoms with Crippen LogP contribution in [0.15, 0.2) is 18.2 Å². The van der Waals surface area contributed by atoms with Crippen molar-refractivity contribution in [3.8, 4) is 5.75 Å². The molecule has 1 aromatic rings. The van der Waals surface area contributed by atoms with E-state index in [4.69, 9.17) is 4.74 Å². The lowest BCUT2D eigenvalue weighted by atomic mass is 9.77. The lowest BCUT2D eigenvalue weighted by molar-refractivity contribution is 0.273. The van der Waals surface area contributed by atoms with Crippen molar-refractivity contribution in [3.05, 3.63) is 23.8 Å². The lowest BCUT2D eigenvalue weighted by Crippen LogP contribution is -2.40. The minimum Gasteiger partial charge on any atom is -0.497 e. The molecule has 0 radical (unpaired) electrons. The van der Waals surface area contributed by atoms with Crippen LogP contribution in [0.1, 0.15) is 18.9 Å². The average Bonchev–Trinajstić information content (AvgIpc) is 2.47. The van der Waals surface area contributed by atoms with Gasteiger partial charge >= 0.3 is 7.12 Å². The van der Waals surface area contributed by atoms with Crippen LogP contribution >= 0.6 is 11.8 Å². The number of hydrogen-bond acceptors (Lipinski definition) is 5. The number of benzene rings is 1. The summed E-state index contributed by atoms with van der Waals surface area (Å²) in [5, 5.41) is 19.7. The van der Waals surface area contributed by atoms with Crippen LogP contribution in [-0.2, 0) is 6.54 Å². The van der Waals surface area contributed by atoms with Crippen LogP contribution in [-0.4, -0.2) is 53.3 Å². The molecule has 0 aromatic heterocycles. The van der Waals surface area contributed by atoms with Crippen LogP contribution < -0.4 is 10.2 Å². The van der Waals surface area contributed by atoms with Gasteiger partial charge in [0.1, 0.15) is 5.75 Å². The highest BCUT2D eigenvalue weighted by molar-refractivity contribution is 8.00. The van der Waals surface area contributed by atoms with Gasteiger partial charge in [0, 0.05) is 30.6 Å². The highest BCUT2D eigenvalue weighted by atomic mass is 32.2. The molecule has 0 amide bonds. The third-order valence-electron chi connectivity index (χ3n) is 3.70. The van der Waals surface area contributed by atoms with E-state index in [1.54, 1.807) is 19.2 Å². The van der Waals surface area contributed by atoms with Crippen LogP contribution in [0.3, 0.4) is 0 Å². The summed E-state index contributed by atoms with van der Waals surface area (Å²) < 4.78 is 5.24. The topological polar surface area (TPSA) is 52.9 Å². The molecule has 1 fully saturated rings. The molecule has 0 bridgehead atoms. The van der Waals surface area contributed by atoms with Gasteiger partial charge in [-0.3, -0.25) is 4.90 Å². The standard InChI is InChI=1S/C14H22BNO3S/c1-3-13-10-16(6-7-20-13)9-11-8-12(19-2)4-5-14(11)15(17)18/h4-5,8,13,17-18H,3,6-7,9-10H2,1-2H3. The second-order valence-corrected chi connectivity index (χ2v) is 6.48. The summed E-state index contributed by atoms with van der Waals surface area (Å²) in [7, 11) is 0.191. The Bertz CT molecular complexity index is 444. The maximum Gasteiger partial charge on any atom is 0.488 e. The number of ether oxygens (including phenoxy) is 1. The SMILES string of the molecule is CCC1CN(Cc2cc(OC)ccc2B(O)O)CCS1. The van der Waals surface area contributed by atoms with Crippen molar-refractivity contribution < 1.29 is 14.8 Å². The van der Waals surface area contributed by atoms with Crippen molar-refractivity contribution in [2.75, 3.05) is 26.0 Å². The first-order valence-electron chi connectivity index (χ1n) is 7.01. The van der Waals surface area contributed by atoms with E-state index in [0.717, 1.165) is 36.7 Å². The maximum atomic E-state index is 9.49. The summed E-state index contributed by atoms with van der Waals surface area (Å²) in [5.74, 6) is 1.89. The normalized spacial score (nSPS) is 19.9. The molecule has 1 saturated heterocycles. The molecule has 1 unspecified atom stereocenters. The van der Waals surface area contributed by atoms with E-state index >= 15 is 0 Å². The molecule has 20 heavy (non-hydrogen) atoms. The van der Waals surface area contributed by atoms with Gasteiger partial charge < -0.3 is 14.8 Å². The predicted molar refractivity (Wildman–Crippen MR) is 84.6 cm³/mol. The molecule has 1 aromatic carbocycles. The second kappa shape index (κ2) is 7.36. The zero-order valence-electron chi connectivity index (χ0n) is 12.1. The molecule has 1 aliphatic heterocycles. The molecule has 1 heterocycles. The summed E-state index contributed by atoms with van der Waals surface area (Å²) in [5.41, 5.74) is 1.50. The Morgan fingerprint density at radius 1 is 1.45 bits per heavy atom. The number of hydrogen-bond donors (Lipinski definition) is 2. The fourth-order valence-corrected chi connectivity index (χ4v) is 3.76. The molecule has 0 aliphatic carbocycles. The molecule has 2 rings (SSSR count). The summed E-state index contributed by atoms with van der Waals surface area (Å²) in [6.07, 6.45) is 1.18. The van der Waals surface area contributed by atoms with Crippen molar-refractivity contribution in [1.82, 2.24) is 4.90 Å². The minimum absolute atomic E-state index is 0.567. The number of thioether (sulfide) groups is 1. The van der Waals surface area contributed by atoms with Gasteiger partial charge in [-0.25, -0.2) is 0 Å². The van der Waals surface area contributed by atoms with Crippen molar-refractivity contribution in [2.24, 2.45) is 0 Å². The first-order valence-corrected chi connectivity index (χ1v) is 8.05. The maximum absolute atomic E-state index is 9.49. The van der Waals surface area contributed by atoms with Gasteiger partial charge in [0.2, 0.25) is 0 Å². The van der Waals surface area contributed by atoms with E-state index in [1.807, 2.05) is 17.8 Å². The summed E-state index contributed by atoms with van der Waals surface area (Å²) >= 11 is 2.03. The molecule has 4 nitrogen and oxygen atoms in total. The van der Waals surface area contributed by atoms with Crippen LogP contribution in [0, 0.1) is 0 Å². The Hall–Kier alpha value is -0.685. The van der Waals surface area contributed by atoms with Crippen molar-refractivity contribution in [1.29, 1.82) is 0 Å². The van der Waals surface area contributed by atoms with Gasteiger partial charge in [-0.05, 0) is 29.6 Å². The fourth-order valence-electron chi connectivity index (χ4n) is 2.51. The smallest absolute Gasteiger partial charge is 0.488 e. The fraction of sp³-hybridized carbons (Fsp3) is 0.571. The Balaban J connectivity index is 2.14. The zero-order chi connectivity index (χ0) is 14.5. The van der Waals surface area contributed by atoms with Gasteiger partial charge in [-0.1, -0.05) is 13.0 Å². The van der Waals surface area contributed by atoms with E-state index in [1.165, 1.54) is 6.42 Å². The number of nitrogens with zero attached hydrogens (tertiary/aromatic N) is 1. The van der Waals surface area contributed by atoms with E-state index < -0.39 is 7.12 Å². The Morgan fingerprint density at radius 3 is 2.90 bits per heavy atom. The molecule has 2 N–H and O–H groups in total. The monoisotopic (exact) mass is 295 g/mol. The van der Waals surface area contributed by atoms with Gasteiger partial charge in [0.05, 0.1) is 7.11 Å². The molecule has 1 aliphatic rings. The van der Waals surface area contributed by atoms with Crippen molar-refractivity contribution in [3.63, 3.8) is 0 Å². The number of methoxy groups -OCH3 is 1. The summed E-state index contributed by atoms with van der Waals surface area (Å²) in [6.45, 7) is 5.05. The molecular weight excluding hydrogens is 273 g/mol. The first kappa shape index (κ1) is 15.7. The highest BCUT2D eigenvalue weighted by Crippen LogP contribution is 2.23. The van der Waals surface area contributed by atoms with Crippen LogP contribution in [0.2, 0.25) is 0 Å². The molecule has 0 saturated carbocycles. The summed E-state index contributed by atoms with van der Waals surface area (Å²) in [4.78, 5) is 2.38. The van der Waals surface area contributed by atoms with Crippen LogP contribution in [0.25, 0.3) is 0 Å². The lowest BCUT2D eigenvalue weighted by Gasteiger charge is -2.32. The molecule has 110 valence electrons. The van der Waals surface area contributed by atoms with Gasteiger partial charge in [0.15, 0.2) is 0 Å². The van der Waals surface area contributed by atoms with Gasteiger partial charge in [-0.15, -0.1) is 0 Å². The van der Waals surface area contributed by atoms with Crippen LogP contribution in [0.4, 0.5) is 0 Å². The second-order valence-electron chi connectivity index (χ2n) is 5.07. The summed E-state index contributed by atoms with van der Waals surface area (Å²) in [6, 6.07) is 5.39. The van der Waals surface area contributed by atoms with Gasteiger partial charge in [-0.2, -0.15) is 11.8 Å². The van der Waals surface area contributed by atoms with Gasteiger partial charge in [0.25, 0.3) is 0 Å². The molecular formula is C14H22BNO3S. The largest absolute Gasteiger partial charge is 0.497 e. The molecule has 6 heteroatoms. The van der Waals surface area contributed by atoms with E-state index in [2.05, 4.69) is 11.8 Å². The predicted octanol–water partition coefficient (Wildman–Crippen LogP) is 0.702. The van der Waals surface area contributed by atoms with E-state index in [9.17, 15) is 10.0 Å². The van der Waals surface area contributed by atoms with E-state index in [0.29, 0.717) is 10.7 Å². The molecule has 1 atom stereocenters. The number of rotatable bonds is 5. The Labute approximate surface area is 125 Å². The van der Waals surface area contributed by atoms with Crippen molar-refractivity contribution >= 4 is 24.3 Å². The van der Waals surface area contributed by atoms with Crippen molar-refractivity contribution in [2.45, 2.75) is 25.1 Å². The first-order chi connectivity index (χ1) is 9.63. The average molecular weight is 295 g/mol.